The van der Waals surface area contributed by atoms with Crippen molar-refractivity contribution >= 4 is 45.8 Å². The second kappa shape index (κ2) is 8.07. The van der Waals surface area contributed by atoms with Crippen molar-refractivity contribution in [3.8, 4) is 22.1 Å². The zero-order chi connectivity index (χ0) is 22.5. The molecular weight excluding hydrogens is 460 g/mol. The van der Waals surface area contributed by atoms with E-state index in [0.29, 0.717) is 33.9 Å². The standard InChI is InChI=1S/C23H21ClN6O2S/c24-13-8-14-20(29-30-21(14)25-10-13)22-26-15(16-2-1-7-33-16)9-17(28-22)27-19-12-5-3-11(4-6-12)18(19)23(31)32/h1-2,7-12,18-19H,3-6H2,(H,31,32)(H,25,29,30)(H,26,27,28). The maximum atomic E-state index is 12.1. The van der Waals surface area contributed by atoms with Crippen molar-refractivity contribution in [3.05, 3.63) is 40.9 Å². The van der Waals surface area contributed by atoms with E-state index in [1.54, 1.807) is 23.6 Å². The Hall–Kier alpha value is -3.04. The van der Waals surface area contributed by atoms with E-state index in [2.05, 4.69) is 20.5 Å². The lowest BCUT2D eigenvalue weighted by molar-refractivity contribution is -0.148. The number of rotatable bonds is 5. The van der Waals surface area contributed by atoms with E-state index in [1.807, 2.05) is 23.6 Å². The first-order valence-electron chi connectivity index (χ1n) is 11.0. The van der Waals surface area contributed by atoms with Gasteiger partial charge in [-0.2, -0.15) is 5.10 Å². The monoisotopic (exact) mass is 480 g/mol. The third kappa shape index (κ3) is 3.65. The molecular formula is C23H21ClN6O2S. The number of hydrogen-bond donors (Lipinski definition) is 3. The molecule has 33 heavy (non-hydrogen) atoms. The molecule has 0 aromatic carbocycles. The molecule has 2 bridgehead atoms. The number of aromatic nitrogens is 5. The van der Waals surface area contributed by atoms with Crippen molar-refractivity contribution in [2.24, 2.45) is 17.8 Å². The zero-order valence-corrected chi connectivity index (χ0v) is 19.1. The summed E-state index contributed by atoms with van der Waals surface area (Å²) in [7, 11) is 0. The molecule has 0 amide bonds. The lowest BCUT2D eigenvalue weighted by Crippen LogP contribution is -2.51. The molecule has 3 saturated carbocycles. The smallest absolute Gasteiger partial charge is 0.308 e. The van der Waals surface area contributed by atoms with Crippen LogP contribution in [0.15, 0.2) is 35.8 Å². The quantitative estimate of drug-likeness (QED) is 0.364. The third-order valence-corrected chi connectivity index (χ3v) is 8.01. The van der Waals surface area contributed by atoms with Crippen molar-refractivity contribution in [1.29, 1.82) is 0 Å². The Labute approximate surface area is 198 Å². The SMILES string of the molecule is O=C(O)C1C2CCC(CC2)C1Nc1cc(-c2cccs2)nc(-c2n[nH]c3ncc(Cl)cc23)n1. The molecule has 168 valence electrons. The number of H-pyrrole nitrogens is 1. The first kappa shape index (κ1) is 20.6. The average molecular weight is 481 g/mol. The van der Waals surface area contributed by atoms with E-state index in [4.69, 9.17) is 21.6 Å². The Morgan fingerprint density at radius 2 is 2.00 bits per heavy atom. The number of halogens is 1. The van der Waals surface area contributed by atoms with Gasteiger partial charge in [-0.05, 0) is 55.0 Å². The highest BCUT2D eigenvalue weighted by molar-refractivity contribution is 7.13. The summed E-state index contributed by atoms with van der Waals surface area (Å²) in [6.07, 6.45) is 5.64. The van der Waals surface area contributed by atoms with Crippen LogP contribution in [0.3, 0.4) is 0 Å². The number of nitrogens with zero attached hydrogens (tertiary/aromatic N) is 4. The highest BCUT2D eigenvalue weighted by atomic mass is 35.5. The minimum Gasteiger partial charge on any atom is -0.481 e. The molecule has 3 aliphatic carbocycles. The zero-order valence-electron chi connectivity index (χ0n) is 17.5. The van der Waals surface area contributed by atoms with Crippen LogP contribution in [0.25, 0.3) is 33.1 Å². The molecule has 4 aromatic rings. The maximum Gasteiger partial charge on any atom is 0.308 e. The summed E-state index contributed by atoms with van der Waals surface area (Å²) in [6, 6.07) is 7.52. The predicted octanol–water partition coefficient (Wildman–Crippen LogP) is 5.10. The van der Waals surface area contributed by atoms with Crippen molar-refractivity contribution in [1.82, 2.24) is 25.1 Å². The molecule has 0 saturated heterocycles. The molecule has 3 aliphatic rings. The first-order chi connectivity index (χ1) is 16.1. The van der Waals surface area contributed by atoms with Crippen LogP contribution in [-0.4, -0.2) is 42.3 Å². The van der Waals surface area contributed by atoms with E-state index in [-0.39, 0.29) is 12.0 Å². The average Bonchev–Trinajstić information content (AvgIpc) is 3.49. The van der Waals surface area contributed by atoms with Crippen molar-refractivity contribution < 1.29 is 9.90 Å². The molecule has 2 atom stereocenters. The Kier molecular flexibility index (Phi) is 5.03. The van der Waals surface area contributed by atoms with Crippen molar-refractivity contribution in [3.63, 3.8) is 0 Å². The normalized spacial score (nSPS) is 24.3. The van der Waals surface area contributed by atoms with Crippen molar-refractivity contribution in [2.45, 2.75) is 31.7 Å². The van der Waals surface area contributed by atoms with Crippen molar-refractivity contribution in [2.75, 3.05) is 5.32 Å². The Balaban J connectivity index is 1.45. The lowest BCUT2D eigenvalue weighted by Gasteiger charge is -2.47. The summed E-state index contributed by atoms with van der Waals surface area (Å²) in [4.78, 5) is 27.0. The fraction of sp³-hybridized carbons (Fsp3) is 0.348. The van der Waals surface area contributed by atoms with Crippen LogP contribution in [0.5, 0.6) is 0 Å². The van der Waals surface area contributed by atoms with Gasteiger partial charge in [-0.25, -0.2) is 15.0 Å². The summed E-state index contributed by atoms with van der Waals surface area (Å²) in [6.45, 7) is 0. The minimum absolute atomic E-state index is 0.152. The number of carboxylic acids is 1. The number of aliphatic carboxylic acids is 1. The summed E-state index contributed by atoms with van der Waals surface area (Å²) in [5.41, 5.74) is 1.92. The van der Waals surface area contributed by atoms with Gasteiger partial charge in [0, 0.05) is 18.3 Å². The summed E-state index contributed by atoms with van der Waals surface area (Å²) >= 11 is 7.76. The number of carbonyl (C=O) groups is 1. The number of fused-ring (bicyclic) bond motifs is 4. The number of hydrogen-bond acceptors (Lipinski definition) is 7. The summed E-state index contributed by atoms with van der Waals surface area (Å²) in [5.74, 6) is 0.453. The minimum atomic E-state index is -0.728. The second-order valence-electron chi connectivity index (χ2n) is 8.77. The molecule has 0 spiro atoms. The molecule has 10 heteroatoms. The predicted molar refractivity (Wildman–Crippen MR) is 127 cm³/mol. The second-order valence-corrected chi connectivity index (χ2v) is 10.2. The van der Waals surface area contributed by atoms with E-state index in [9.17, 15) is 9.90 Å². The Morgan fingerprint density at radius 3 is 2.76 bits per heavy atom. The number of pyridine rings is 1. The molecule has 7 rings (SSSR count). The van der Waals surface area contributed by atoms with Gasteiger partial charge in [-0.1, -0.05) is 17.7 Å². The Morgan fingerprint density at radius 1 is 1.18 bits per heavy atom. The van der Waals surface area contributed by atoms with Crippen LogP contribution < -0.4 is 5.32 Å². The highest BCUT2D eigenvalue weighted by Gasteiger charge is 2.47. The molecule has 2 unspecified atom stereocenters. The fourth-order valence-corrected chi connectivity index (χ4v) is 6.25. The molecule has 0 radical (unpaired) electrons. The maximum absolute atomic E-state index is 12.1. The molecule has 3 N–H and O–H groups in total. The fourth-order valence-electron chi connectivity index (χ4n) is 5.41. The van der Waals surface area contributed by atoms with Crippen LogP contribution in [0.1, 0.15) is 25.7 Å². The number of anilines is 1. The van der Waals surface area contributed by atoms with Crippen LogP contribution in [0, 0.1) is 17.8 Å². The summed E-state index contributed by atoms with van der Waals surface area (Å²) < 4.78 is 0. The van der Waals surface area contributed by atoms with Gasteiger partial charge in [0.15, 0.2) is 11.5 Å². The van der Waals surface area contributed by atoms with Crippen LogP contribution in [0.4, 0.5) is 5.82 Å². The molecule has 8 nitrogen and oxygen atoms in total. The first-order valence-corrected chi connectivity index (χ1v) is 12.2. The van der Waals surface area contributed by atoms with E-state index < -0.39 is 11.9 Å². The molecule has 4 aromatic heterocycles. The van der Waals surface area contributed by atoms with Gasteiger partial charge in [0.05, 0.1) is 26.9 Å². The lowest BCUT2D eigenvalue weighted by atomic mass is 9.61. The molecule has 3 fully saturated rings. The van der Waals surface area contributed by atoms with Crippen LogP contribution in [-0.2, 0) is 4.79 Å². The third-order valence-electron chi connectivity index (χ3n) is 6.91. The van der Waals surface area contributed by atoms with Gasteiger partial charge in [0.2, 0.25) is 0 Å². The highest BCUT2D eigenvalue weighted by Crippen LogP contribution is 2.46. The number of thiophene rings is 1. The number of aromatic amines is 1. The summed E-state index contributed by atoms with van der Waals surface area (Å²) in [5, 5.41) is 24.0. The van der Waals surface area contributed by atoms with Gasteiger partial charge in [0.1, 0.15) is 11.5 Å². The largest absolute Gasteiger partial charge is 0.481 e. The van der Waals surface area contributed by atoms with E-state index in [0.717, 1.165) is 41.6 Å². The van der Waals surface area contributed by atoms with Gasteiger partial charge in [0.25, 0.3) is 0 Å². The number of nitrogens with one attached hydrogen (secondary N) is 2. The van der Waals surface area contributed by atoms with Crippen LogP contribution in [0.2, 0.25) is 5.02 Å². The van der Waals surface area contributed by atoms with Gasteiger partial charge < -0.3 is 10.4 Å². The number of carboxylic acid groups (broad SMARTS) is 1. The molecule has 4 heterocycles. The van der Waals surface area contributed by atoms with E-state index >= 15 is 0 Å². The van der Waals surface area contributed by atoms with Gasteiger partial charge in [-0.3, -0.25) is 9.89 Å². The van der Waals surface area contributed by atoms with Gasteiger partial charge >= 0.3 is 5.97 Å². The van der Waals surface area contributed by atoms with Gasteiger partial charge in [-0.15, -0.1) is 11.3 Å². The van der Waals surface area contributed by atoms with E-state index in [1.165, 1.54) is 0 Å². The topological polar surface area (TPSA) is 117 Å². The molecule has 0 aliphatic heterocycles. The Bertz CT molecular complexity index is 1330. The van der Waals surface area contributed by atoms with Crippen LogP contribution >= 0.6 is 22.9 Å².